The van der Waals surface area contributed by atoms with Gasteiger partial charge in [-0.2, -0.15) is 0 Å². The van der Waals surface area contributed by atoms with Crippen molar-refractivity contribution in [2.75, 3.05) is 12.8 Å². The number of anilines is 1. The molecule has 0 amide bonds. The van der Waals surface area contributed by atoms with Crippen LogP contribution in [0, 0.1) is 0 Å². The van der Waals surface area contributed by atoms with Crippen LogP contribution in [0.5, 0.6) is 0 Å². The van der Waals surface area contributed by atoms with Gasteiger partial charge >= 0.3 is 5.97 Å². The number of carbonyl (C=O) groups excluding carboxylic acids is 1. The second-order valence-corrected chi connectivity index (χ2v) is 6.01. The lowest BCUT2D eigenvalue weighted by atomic mass is 9.74. The van der Waals surface area contributed by atoms with Crippen LogP contribution in [0.1, 0.15) is 47.5 Å². The third-order valence-corrected chi connectivity index (χ3v) is 4.36. The number of rotatable bonds is 1. The second-order valence-electron chi connectivity index (χ2n) is 4.87. The highest BCUT2D eigenvalue weighted by Gasteiger charge is 2.35. The van der Waals surface area contributed by atoms with Crippen LogP contribution in [-0.4, -0.2) is 13.1 Å². The van der Waals surface area contributed by atoms with E-state index in [4.69, 9.17) is 10.5 Å². The monoisotopic (exact) mass is 239 g/mol. The van der Waals surface area contributed by atoms with Crippen LogP contribution in [-0.2, 0) is 16.6 Å². The van der Waals surface area contributed by atoms with E-state index in [2.05, 4.69) is 13.8 Å². The summed E-state index contributed by atoms with van der Waals surface area (Å²) < 4.78 is 4.82. The van der Waals surface area contributed by atoms with E-state index in [0.29, 0.717) is 10.6 Å². The first-order valence-electron chi connectivity index (χ1n) is 5.47. The minimum Gasteiger partial charge on any atom is -0.465 e. The van der Waals surface area contributed by atoms with E-state index in [0.717, 1.165) is 18.4 Å². The highest BCUT2D eigenvalue weighted by atomic mass is 32.1. The summed E-state index contributed by atoms with van der Waals surface area (Å²) in [5.41, 5.74) is 7.69. The van der Waals surface area contributed by atoms with Gasteiger partial charge in [-0.05, 0) is 30.2 Å². The molecule has 0 radical (unpaired) electrons. The molecule has 1 aliphatic rings. The molecular weight excluding hydrogens is 222 g/mol. The molecule has 0 aromatic carbocycles. The Morgan fingerprint density at radius 3 is 2.81 bits per heavy atom. The maximum atomic E-state index is 11.8. The molecule has 0 fully saturated rings. The molecule has 2 rings (SSSR count). The van der Waals surface area contributed by atoms with Gasteiger partial charge in [-0.1, -0.05) is 13.8 Å². The van der Waals surface area contributed by atoms with Crippen molar-refractivity contribution < 1.29 is 9.53 Å². The van der Waals surface area contributed by atoms with Crippen LogP contribution in [0.15, 0.2) is 0 Å². The standard InChI is InChI=1S/C12H17NO2S/c1-12(2)6-4-5-7-9(12)8(10(13)16-7)11(14)15-3/h4-6,13H2,1-3H3. The molecule has 16 heavy (non-hydrogen) atoms. The number of fused-ring (bicyclic) bond motifs is 1. The first-order chi connectivity index (χ1) is 7.47. The van der Waals surface area contributed by atoms with Gasteiger partial charge in [-0.15, -0.1) is 11.3 Å². The topological polar surface area (TPSA) is 52.3 Å². The third-order valence-electron chi connectivity index (χ3n) is 3.28. The Bertz CT molecular complexity index is 434. The first-order valence-corrected chi connectivity index (χ1v) is 6.29. The number of carbonyl (C=O) groups is 1. The van der Waals surface area contributed by atoms with E-state index >= 15 is 0 Å². The van der Waals surface area contributed by atoms with Crippen molar-refractivity contribution in [2.24, 2.45) is 0 Å². The van der Waals surface area contributed by atoms with Gasteiger partial charge in [0.25, 0.3) is 0 Å². The number of nitrogen functional groups attached to an aromatic ring is 1. The minimum atomic E-state index is -0.301. The van der Waals surface area contributed by atoms with Gasteiger partial charge in [0.2, 0.25) is 0 Å². The first kappa shape index (κ1) is 11.5. The summed E-state index contributed by atoms with van der Waals surface area (Å²) in [4.78, 5) is 13.0. The zero-order chi connectivity index (χ0) is 11.9. The van der Waals surface area contributed by atoms with Gasteiger partial charge in [0.1, 0.15) is 5.00 Å². The molecule has 1 aliphatic carbocycles. The molecule has 0 atom stereocenters. The van der Waals surface area contributed by atoms with E-state index in [9.17, 15) is 4.79 Å². The van der Waals surface area contributed by atoms with Crippen molar-refractivity contribution in [3.8, 4) is 0 Å². The minimum absolute atomic E-state index is 0.0330. The fourth-order valence-corrected chi connectivity index (χ4v) is 3.79. The van der Waals surface area contributed by atoms with E-state index < -0.39 is 0 Å². The van der Waals surface area contributed by atoms with Gasteiger partial charge in [-0.3, -0.25) is 0 Å². The average Bonchev–Trinajstić information content (AvgIpc) is 2.54. The molecule has 0 spiro atoms. The summed E-state index contributed by atoms with van der Waals surface area (Å²) in [5, 5.41) is 0.604. The normalized spacial score (nSPS) is 17.9. The van der Waals surface area contributed by atoms with Crippen LogP contribution in [0.3, 0.4) is 0 Å². The lowest BCUT2D eigenvalue weighted by molar-refractivity contribution is 0.0599. The third kappa shape index (κ3) is 1.61. The van der Waals surface area contributed by atoms with Crippen molar-refractivity contribution in [2.45, 2.75) is 38.5 Å². The number of esters is 1. The van der Waals surface area contributed by atoms with Crippen LogP contribution in [0.25, 0.3) is 0 Å². The van der Waals surface area contributed by atoms with Crippen molar-refractivity contribution >= 4 is 22.3 Å². The molecule has 1 aromatic rings. The SMILES string of the molecule is COC(=O)c1c(N)sc2c1C(C)(C)CCC2. The summed E-state index contributed by atoms with van der Waals surface area (Å²) in [6.45, 7) is 4.34. The highest BCUT2D eigenvalue weighted by molar-refractivity contribution is 7.16. The predicted molar refractivity (Wildman–Crippen MR) is 66.0 cm³/mol. The Morgan fingerprint density at radius 1 is 1.50 bits per heavy atom. The zero-order valence-electron chi connectivity index (χ0n) is 9.92. The molecule has 2 N–H and O–H groups in total. The number of nitrogens with two attached hydrogens (primary N) is 1. The van der Waals surface area contributed by atoms with E-state index in [-0.39, 0.29) is 11.4 Å². The quantitative estimate of drug-likeness (QED) is 0.767. The predicted octanol–water partition coefficient (Wildman–Crippen LogP) is 2.73. The highest BCUT2D eigenvalue weighted by Crippen LogP contribution is 2.45. The number of thiophene rings is 1. The van der Waals surface area contributed by atoms with Gasteiger partial charge in [0.05, 0.1) is 12.7 Å². The Labute approximate surface area is 99.6 Å². The van der Waals surface area contributed by atoms with Crippen LogP contribution in [0.4, 0.5) is 5.00 Å². The van der Waals surface area contributed by atoms with Gasteiger partial charge < -0.3 is 10.5 Å². The molecule has 1 aromatic heterocycles. The van der Waals surface area contributed by atoms with Crippen LogP contribution < -0.4 is 5.73 Å². The molecule has 4 heteroatoms. The molecular formula is C12H17NO2S. The molecule has 0 bridgehead atoms. The lowest BCUT2D eigenvalue weighted by Crippen LogP contribution is -2.25. The van der Waals surface area contributed by atoms with Crippen LogP contribution in [0.2, 0.25) is 0 Å². The lowest BCUT2D eigenvalue weighted by Gasteiger charge is -2.30. The average molecular weight is 239 g/mol. The Morgan fingerprint density at radius 2 is 2.19 bits per heavy atom. The largest absolute Gasteiger partial charge is 0.465 e. The maximum absolute atomic E-state index is 11.8. The number of aryl methyl sites for hydroxylation is 1. The van der Waals surface area contributed by atoms with Crippen molar-refractivity contribution in [3.63, 3.8) is 0 Å². The zero-order valence-corrected chi connectivity index (χ0v) is 10.7. The number of methoxy groups -OCH3 is 1. The fraction of sp³-hybridized carbons (Fsp3) is 0.583. The summed E-state index contributed by atoms with van der Waals surface area (Å²) in [7, 11) is 1.40. The van der Waals surface area contributed by atoms with E-state index in [1.807, 2.05) is 0 Å². The summed E-state index contributed by atoms with van der Waals surface area (Å²) in [6, 6.07) is 0. The van der Waals surface area contributed by atoms with Crippen molar-refractivity contribution in [1.82, 2.24) is 0 Å². The van der Waals surface area contributed by atoms with Crippen LogP contribution >= 0.6 is 11.3 Å². The maximum Gasteiger partial charge on any atom is 0.341 e. The Hall–Kier alpha value is -1.03. The van der Waals surface area contributed by atoms with E-state index in [1.54, 1.807) is 0 Å². The second kappa shape index (κ2) is 3.77. The Kier molecular flexibility index (Phi) is 2.70. The van der Waals surface area contributed by atoms with Crippen molar-refractivity contribution in [3.05, 3.63) is 16.0 Å². The number of hydrogen-bond acceptors (Lipinski definition) is 4. The molecule has 3 nitrogen and oxygen atoms in total. The molecule has 0 saturated carbocycles. The number of ether oxygens (including phenoxy) is 1. The van der Waals surface area contributed by atoms with E-state index in [1.165, 1.54) is 29.7 Å². The van der Waals surface area contributed by atoms with Gasteiger partial charge in [-0.25, -0.2) is 4.79 Å². The fourth-order valence-electron chi connectivity index (χ4n) is 2.51. The van der Waals surface area contributed by atoms with Gasteiger partial charge in [0, 0.05) is 4.88 Å². The smallest absolute Gasteiger partial charge is 0.341 e. The molecule has 0 saturated heterocycles. The van der Waals surface area contributed by atoms with Gasteiger partial charge in [0.15, 0.2) is 0 Å². The number of hydrogen-bond donors (Lipinski definition) is 1. The molecule has 88 valence electrons. The molecule has 0 aliphatic heterocycles. The summed E-state index contributed by atoms with van der Waals surface area (Å²) in [6.07, 6.45) is 3.30. The molecule has 1 heterocycles. The Balaban J connectivity index is 2.62. The molecule has 0 unspecified atom stereocenters. The summed E-state index contributed by atoms with van der Waals surface area (Å²) in [5.74, 6) is -0.301. The summed E-state index contributed by atoms with van der Waals surface area (Å²) >= 11 is 1.54. The van der Waals surface area contributed by atoms with Crippen molar-refractivity contribution in [1.29, 1.82) is 0 Å².